The van der Waals surface area contributed by atoms with Crippen molar-refractivity contribution in [3.05, 3.63) is 0 Å². The molecule has 0 aliphatic heterocycles. The second kappa shape index (κ2) is 30.2. The fraction of sp³-hybridized carbons (Fsp3) is 0. The van der Waals surface area contributed by atoms with Crippen LogP contribution in [0, 0.1) is 0 Å². The Bertz CT molecular complexity index is 65.7. The van der Waals surface area contributed by atoms with E-state index in [2.05, 4.69) is 0 Å². The standard InChI is InChI=1S/6FH.Li.H3O4P/c;;;;;;;1-5(2,3)4/h6*1H;;(H3,1,2,3,4)/q;;;;;;+1;/p-9. The van der Waals surface area contributed by atoms with Crippen LogP contribution < -0.4 is 61.8 Å². The van der Waals surface area contributed by atoms with Crippen molar-refractivity contribution in [2.75, 3.05) is 0 Å². The van der Waals surface area contributed by atoms with Crippen LogP contribution in [0.15, 0.2) is 0 Å². The molecule has 0 atom stereocenters. The van der Waals surface area contributed by atoms with Gasteiger partial charge in [-0.3, -0.25) is 0 Å². The van der Waals surface area contributed by atoms with Crippen molar-refractivity contribution in [1.29, 1.82) is 0 Å². The van der Waals surface area contributed by atoms with Gasteiger partial charge in [0, 0.05) is 0 Å². The summed E-state index contributed by atoms with van der Waals surface area (Å²) in [6.07, 6.45) is 0. The molecule has 0 fully saturated rings. The zero-order chi connectivity index (χ0) is 4.50. The summed E-state index contributed by atoms with van der Waals surface area (Å²) < 4.78 is 8.55. The molecule has 0 bridgehead atoms. The summed E-state index contributed by atoms with van der Waals surface area (Å²) in [5.41, 5.74) is 0. The predicted molar refractivity (Wildman–Crippen MR) is 7.61 cm³/mol. The normalized spacial score (nSPS) is 4.92. The third-order valence-corrected chi connectivity index (χ3v) is 0. The summed E-state index contributed by atoms with van der Waals surface area (Å²) in [5.74, 6) is 0. The van der Waals surface area contributed by atoms with Gasteiger partial charge in [-0.1, -0.05) is 0 Å². The molecule has 0 rings (SSSR count). The summed E-state index contributed by atoms with van der Waals surface area (Å²) in [6.45, 7) is 0. The first-order valence-corrected chi connectivity index (χ1v) is 2.19. The van der Waals surface area contributed by atoms with Crippen molar-refractivity contribution in [3.8, 4) is 0 Å². The smallest absolute Gasteiger partial charge is 1.00 e. The molecule has 0 aliphatic carbocycles. The van der Waals surface area contributed by atoms with Crippen LogP contribution >= 0.6 is 7.82 Å². The quantitative estimate of drug-likeness (QED) is 0.228. The number of halogens is 6. The molecule has 0 heterocycles. The Morgan fingerprint density at radius 3 is 0.667 bits per heavy atom. The van der Waals surface area contributed by atoms with Crippen LogP contribution in [0.4, 0.5) is 0 Å². The van der Waals surface area contributed by atoms with Gasteiger partial charge in [0.25, 0.3) is 0 Å². The third-order valence-electron chi connectivity index (χ3n) is 0. The SMILES string of the molecule is O=P([O-])([O-])[O-].[F-].[F-].[F-].[F-].[F-].[F-].[Li+]. The average molecular weight is 216 g/mol. The van der Waals surface area contributed by atoms with Gasteiger partial charge in [0.15, 0.2) is 0 Å². The topological polar surface area (TPSA) is 86.2 Å². The predicted octanol–water partition coefficient (Wildman–Crippen LogP) is -23.8. The van der Waals surface area contributed by atoms with Crippen molar-refractivity contribution in [2.24, 2.45) is 0 Å². The molecule has 0 amide bonds. The van der Waals surface area contributed by atoms with Crippen LogP contribution in [0.1, 0.15) is 0 Å². The van der Waals surface area contributed by atoms with Crippen LogP contribution in [0.25, 0.3) is 0 Å². The van der Waals surface area contributed by atoms with Gasteiger partial charge in [-0.2, -0.15) is 7.82 Å². The van der Waals surface area contributed by atoms with Gasteiger partial charge < -0.3 is 47.5 Å². The Hall–Kier alpha value is 0.287. The van der Waals surface area contributed by atoms with Gasteiger partial charge in [-0.05, 0) is 0 Å². The van der Waals surface area contributed by atoms with E-state index in [1.54, 1.807) is 0 Å². The molecule has 0 aromatic carbocycles. The molecule has 0 aromatic heterocycles. The zero-order valence-corrected chi connectivity index (χ0v) is 6.24. The van der Waals surface area contributed by atoms with Crippen molar-refractivity contribution < 1.29 is 66.3 Å². The maximum atomic E-state index is 8.55. The summed E-state index contributed by atoms with van der Waals surface area (Å²) >= 11 is 0. The summed E-state index contributed by atoms with van der Waals surface area (Å²) in [5, 5.41) is 0. The van der Waals surface area contributed by atoms with E-state index in [0.29, 0.717) is 0 Å². The molecule has 4 nitrogen and oxygen atoms in total. The Morgan fingerprint density at radius 2 is 0.667 bits per heavy atom. The molecule has 0 aliphatic rings. The number of rotatable bonds is 0. The van der Waals surface area contributed by atoms with E-state index in [-0.39, 0.29) is 47.1 Å². The third kappa shape index (κ3) is 10700. The first-order valence-electron chi connectivity index (χ1n) is 0.730. The van der Waals surface area contributed by atoms with Crippen LogP contribution in [-0.2, 0) is 4.57 Å². The molecule has 0 saturated heterocycles. The second-order valence-electron chi connectivity index (χ2n) is 0.447. The van der Waals surface area contributed by atoms with E-state index in [0.717, 1.165) is 0 Å². The van der Waals surface area contributed by atoms with Crippen LogP contribution in [0.5, 0.6) is 0 Å². The Labute approximate surface area is 75.0 Å². The van der Waals surface area contributed by atoms with E-state index in [1.807, 2.05) is 0 Å². The summed E-state index contributed by atoms with van der Waals surface area (Å²) in [7, 11) is -5.39. The Balaban J connectivity index is -0.00000000381. The van der Waals surface area contributed by atoms with Crippen molar-refractivity contribution in [3.63, 3.8) is 0 Å². The monoisotopic (exact) mass is 216 g/mol. The second-order valence-corrected chi connectivity index (χ2v) is 1.34. The Morgan fingerprint density at radius 1 is 0.667 bits per heavy atom. The van der Waals surface area contributed by atoms with Gasteiger partial charge in [0.1, 0.15) is 0 Å². The zero-order valence-electron chi connectivity index (χ0n) is 5.35. The fourth-order valence-electron chi connectivity index (χ4n) is 0. The van der Waals surface area contributed by atoms with Crippen molar-refractivity contribution in [1.82, 2.24) is 0 Å². The molecule has 0 radical (unpaired) electrons. The fourth-order valence-corrected chi connectivity index (χ4v) is 0. The molecule has 80 valence electrons. The number of phosphoric acid groups is 1. The average Bonchev–Trinajstić information content (AvgIpc) is 0.722. The first kappa shape index (κ1) is 85.2. The van der Waals surface area contributed by atoms with Crippen LogP contribution in [-0.4, -0.2) is 0 Å². The van der Waals surface area contributed by atoms with Crippen LogP contribution in [0.3, 0.4) is 0 Å². The maximum Gasteiger partial charge on any atom is 1.00 e. The molecule has 0 N–H and O–H groups in total. The van der Waals surface area contributed by atoms with Gasteiger partial charge in [-0.25, -0.2) is 0 Å². The molecular formula is F6LiO4P-8. The first-order chi connectivity index (χ1) is 2.00. The van der Waals surface area contributed by atoms with E-state index in [4.69, 9.17) is 19.2 Å². The van der Waals surface area contributed by atoms with Gasteiger partial charge >= 0.3 is 18.9 Å². The molecular weight excluding hydrogens is 216 g/mol. The van der Waals surface area contributed by atoms with E-state index >= 15 is 0 Å². The molecule has 0 saturated carbocycles. The minimum absolute atomic E-state index is 0. The van der Waals surface area contributed by atoms with E-state index < -0.39 is 7.82 Å². The van der Waals surface area contributed by atoms with Gasteiger partial charge in [0.05, 0.1) is 0 Å². The van der Waals surface area contributed by atoms with E-state index in [1.165, 1.54) is 0 Å². The number of hydrogen-bond donors (Lipinski definition) is 0. The molecule has 12 heteroatoms. The minimum Gasteiger partial charge on any atom is -1.00 e. The molecule has 0 spiro atoms. The van der Waals surface area contributed by atoms with Crippen molar-refractivity contribution >= 4 is 7.82 Å². The minimum atomic E-state index is -5.39. The van der Waals surface area contributed by atoms with Crippen molar-refractivity contribution in [2.45, 2.75) is 0 Å². The summed E-state index contributed by atoms with van der Waals surface area (Å²) in [4.78, 5) is 25.6. The molecule has 0 aromatic rings. The summed E-state index contributed by atoms with van der Waals surface area (Å²) in [6, 6.07) is 0. The van der Waals surface area contributed by atoms with Gasteiger partial charge in [-0.15, -0.1) is 0 Å². The van der Waals surface area contributed by atoms with Crippen LogP contribution in [0.2, 0.25) is 0 Å². The molecule has 0 unspecified atom stereocenters. The maximum absolute atomic E-state index is 8.55. The molecule has 12 heavy (non-hydrogen) atoms. The Kier molecular flexibility index (Phi) is 214. The largest absolute Gasteiger partial charge is 1.00 e. The van der Waals surface area contributed by atoms with E-state index in [9.17, 15) is 0 Å². The van der Waals surface area contributed by atoms with Gasteiger partial charge in [0.2, 0.25) is 0 Å². The number of hydrogen-bond acceptors (Lipinski definition) is 4.